The van der Waals surface area contributed by atoms with E-state index in [0.717, 1.165) is 12.8 Å². The minimum absolute atomic E-state index is 0.101. The van der Waals surface area contributed by atoms with Crippen LogP contribution < -0.4 is 14.2 Å². The number of esters is 2. The Kier molecular flexibility index (Phi) is 10.00. The van der Waals surface area contributed by atoms with Gasteiger partial charge in [-0.3, -0.25) is 10.1 Å². The van der Waals surface area contributed by atoms with Crippen molar-refractivity contribution in [2.24, 2.45) is 0 Å². The van der Waals surface area contributed by atoms with E-state index in [4.69, 9.17) is 14.2 Å². The Bertz CT molecular complexity index is 1140. The summed E-state index contributed by atoms with van der Waals surface area (Å²) in [5, 5.41) is 10.7. The predicted molar refractivity (Wildman–Crippen MR) is 135 cm³/mol. The number of ether oxygens (including phenoxy) is 3. The number of benzene rings is 3. The second kappa shape index (κ2) is 13.6. The number of carbonyl (C=O) groups excluding carboxylic acids is 2. The quantitative estimate of drug-likeness (QED) is 0.0854. The van der Waals surface area contributed by atoms with Gasteiger partial charge in [0.2, 0.25) is 0 Å². The molecule has 0 radical (unpaired) electrons. The third-order valence-electron chi connectivity index (χ3n) is 5.42. The van der Waals surface area contributed by atoms with Crippen LogP contribution in [-0.4, -0.2) is 23.5 Å². The third kappa shape index (κ3) is 8.23. The van der Waals surface area contributed by atoms with Crippen molar-refractivity contribution in [3.8, 4) is 17.2 Å². The highest BCUT2D eigenvalue weighted by molar-refractivity contribution is 5.92. The molecule has 3 rings (SSSR count). The van der Waals surface area contributed by atoms with Gasteiger partial charge in [-0.15, -0.1) is 0 Å². The van der Waals surface area contributed by atoms with Crippen LogP contribution in [-0.2, 0) is 0 Å². The van der Waals surface area contributed by atoms with Gasteiger partial charge in [-0.05, 0) is 67.1 Å². The predicted octanol–water partition coefficient (Wildman–Crippen LogP) is 6.77. The monoisotopic (exact) mass is 491 g/mol. The number of rotatable bonds is 13. The molecule has 36 heavy (non-hydrogen) atoms. The lowest BCUT2D eigenvalue weighted by Crippen LogP contribution is -2.10. The Morgan fingerprint density at radius 2 is 1.11 bits per heavy atom. The van der Waals surface area contributed by atoms with Crippen LogP contribution in [0.3, 0.4) is 0 Å². The molecule has 0 fully saturated rings. The van der Waals surface area contributed by atoms with E-state index in [1.807, 2.05) is 0 Å². The smallest absolute Gasteiger partial charge is 0.343 e. The first-order chi connectivity index (χ1) is 17.5. The lowest BCUT2D eigenvalue weighted by molar-refractivity contribution is -0.384. The van der Waals surface area contributed by atoms with Crippen LogP contribution in [0.4, 0.5) is 5.69 Å². The van der Waals surface area contributed by atoms with E-state index in [-0.39, 0.29) is 22.7 Å². The van der Waals surface area contributed by atoms with E-state index in [1.165, 1.54) is 74.2 Å². The number of nitrogens with zero attached hydrogens (tertiary/aromatic N) is 1. The van der Waals surface area contributed by atoms with Crippen LogP contribution in [0.1, 0.15) is 66.2 Å². The number of hydrogen-bond acceptors (Lipinski definition) is 7. The van der Waals surface area contributed by atoms with Crippen molar-refractivity contribution < 1.29 is 28.7 Å². The minimum atomic E-state index is -0.640. The molecule has 0 heterocycles. The molecule has 0 unspecified atom stereocenters. The minimum Gasteiger partial charge on any atom is -0.494 e. The largest absolute Gasteiger partial charge is 0.494 e. The Hall–Kier alpha value is -4.20. The average Bonchev–Trinajstić information content (AvgIpc) is 2.89. The van der Waals surface area contributed by atoms with Gasteiger partial charge in [-0.25, -0.2) is 9.59 Å². The highest BCUT2D eigenvalue weighted by Crippen LogP contribution is 2.20. The Morgan fingerprint density at radius 3 is 1.61 bits per heavy atom. The normalized spacial score (nSPS) is 10.5. The maximum Gasteiger partial charge on any atom is 0.343 e. The summed E-state index contributed by atoms with van der Waals surface area (Å²) >= 11 is 0. The van der Waals surface area contributed by atoms with Crippen LogP contribution in [0, 0.1) is 10.1 Å². The molecule has 0 bridgehead atoms. The molecule has 0 N–H and O–H groups in total. The second-order valence-corrected chi connectivity index (χ2v) is 8.20. The standard InChI is InChI=1S/C28H29NO7/c1-2-3-4-5-6-7-20-34-24-14-8-21(9-15-24)27(30)35-25-16-10-22(11-17-25)28(31)36-26-18-12-23(13-19-26)29(32)33/h8-19H,2-7,20H2,1H3. The van der Waals surface area contributed by atoms with Crippen LogP contribution >= 0.6 is 0 Å². The molecule has 8 heteroatoms. The maximum atomic E-state index is 12.4. The molecule has 0 atom stereocenters. The summed E-state index contributed by atoms with van der Waals surface area (Å²) in [4.78, 5) is 34.9. The number of hydrogen-bond donors (Lipinski definition) is 0. The lowest BCUT2D eigenvalue weighted by atomic mass is 10.1. The molecule has 0 aliphatic rings. The highest BCUT2D eigenvalue weighted by atomic mass is 16.6. The van der Waals surface area contributed by atoms with Crippen LogP contribution in [0.25, 0.3) is 0 Å². The summed E-state index contributed by atoms with van der Waals surface area (Å²) in [5.41, 5.74) is 0.514. The van der Waals surface area contributed by atoms with Crippen molar-refractivity contribution in [3.05, 3.63) is 94.0 Å². The molecule has 3 aromatic rings. The number of non-ortho nitro benzene ring substituents is 1. The van der Waals surface area contributed by atoms with Gasteiger partial charge < -0.3 is 14.2 Å². The van der Waals surface area contributed by atoms with Gasteiger partial charge in [0.05, 0.1) is 22.7 Å². The molecular weight excluding hydrogens is 462 g/mol. The van der Waals surface area contributed by atoms with E-state index >= 15 is 0 Å². The van der Waals surface area contributed by atoms with Crippen molar-refractivity contribution in [1.29, 1.82) is 0 Å². The first kappa shape index (κ1) is 26.4. The summed E-state index contributed by atoms with van der Waals surface area (Å²) in [7, 11) is 0. The zero-order valence-corrected chi connectivity index (χ0v) is 20.2. The molecule has 0 saturated heterocycles. The lowest BCUT2D eigenvalue weighted by Gasteiger charge is -2.08. The summed E-state index contributed by atoms with van der Waals surface area (Å²) in [6.45, 7) is 2.85. The number of nitro groups is 1. The van der Waals surface area contributed by atoms with Gasteiger partial charge in [0, 0.05) is 12.1 Å². The average molecular weight is 492 g/mol. The van der Waals surface area contributed by atoms with Gasteiger partial charge >= 0.3 is 11.9 Å². The first-order valence-corrected chi connectivity index (χ1v) is 12.0. The summed E-state index contributed by atoms with van der Waals surface area (Å²) in [6.07, 6.45) is 7.16. The number of unbranched alkanes of at least 4 members (excludes halogenated alkanes) is 5. The molecule has 0 aliphatic carbocycles. The molecular formula is C28H29NO7. The fraction of sp³-hybridized carbons (Fsp3) is 0.286. The molecule has 0 spiro atoms. The summed E-state index contributed by atoms with van der Waals surface area (Å²) < 4.78 is 16.3. The summed E-state index contributed by atoms with van der Waals surface area (Å²) in [5.74, 6) is -0.0104. The van der Waals surface area contributed by atoms with Gasteiger partial charge in [-0.1, -0.05) is 39.0 Å². The third-order valence-corrected chi connectivity index (χ3v) is 5.42. The van der Waals surface area contributed by atoms with Crippen molar-refractivity contribution in [2.75, 3.05) is 6.61 Å². The van der Waals surface area contributed by atoms with Gasteiger partial charge in [0.1, 0.15) is 17.2 Å². The molecule has 8 nitrogen and oxygen atoms in total. The van der Waals surface area contributed by atoms with Crippen molar-refractivity contribution >= 4 is 17.6 Å². The van der Waals surface area contributed by atoms with Crippen LogP contribution in [0.2, 0.25) is 0 Å². The Balaban J connectivity index is 1.45. The van der Waals surface area contributed by atoms with Crippen molar-refractivity contribution in [1.82, 2.24) is 0 Å². The fourth-order valence-electron chi connectivity index (χ4n) is 3.39. The Labute approximate surface area is 210 Å². The highest BCUT2D eigenvalue weighted by Gasteiger charge is 2.13. The topological polar surface area (TPSA) is 105 Å². The summed E-state index contributed by atoms with van der Waals surface area (Å²) in [6, 6.07) is 17.9. The van der Waals surface area contributed by atoms with Gasteiger partial charge in [0.25, 0.3) is 5.69 Å². The molecule has 0 aromatic heterocycles. The van der Waals surface area contributed by atoms with Crippen LogP contribution in [0.5, 0.6) is 17.2 Å². The zero-order valence-electron chi connectivity index (χ0n) is 20.2. The van der Waals surface area contributed by atoms with Gasteiger partial charge in [0.15, 0.2) is 0 Å². The Morgan fingerprint density at radius 1 is 0.667 bits per heavy atom. The van der Waals surface area contributed by atoms with E-state index in [0.29, 0.717) is 17.9 Å². The molecule has 3 aromatic carbocycles. The molecule has 188 valence electrons. The number of carbonyl (C=O) groups is 2. The SMILES string of the molecule is CCCCCCCCOc1ccc(C(=O)Oc2ccc(C(=O)Oc3ccc([N+](=O)[O-])cc3)cc2)cc1. The molecule has 0 aliphatic heterocycles. The molecule has 0 amide bonds. The van der Waals surface area contributed by atoms with Crippen molar-refractivity contribution in [3.63, 3.8) is 0 Å². The second-order valence-electron chi connectivity index (χ2n) is 8.20. The zero-order chi connectivity index (χ0) is 25.8. The first-order valence-electron chi connectivity index (χ1n) is 12.0. The van der Waals surface area contributed by atoms with Gasteiger partial charge in [-0.2, -0.15) is 0 Å². The van der Waals surface area contributed by atoms with E-state index in [9.17, 15) is 19.7 Å². The van der Waals surface area contributed by atoms with Crippen LogP contribution in [0.15, 0.2) is 72.8 Å². The van der Waals surface area contributed by atoms with E-state index in [2.05, 4.69) is 6.92 Å². The van der Waals surface area contributed by atoms with E-state index in [1.54, 1.807) is 24.3 Å². The fourth-order valence-corrected chi connectivity index (χ4v) is 3.39. The maximum absolute atomic E-state index is 12.4. The number of nitro benzene ring substituents is 1. The molecule has 0 saturated carbocycles. The van der Waals surface area contributed by atoms with E-state index < -0.39 is 16.9 Å². The van der Waals surface area contributed by atoms with Crippen molar-refractivity contribution in [2.45, 2.75) is 45.4 Å².